The van der Waals surface area contributed by atoms with Crippen molar-refractivity contribution in [2.24, 2.45) is 5.92 Å². The maximum absolute atomic E-state index is 11.8. The summed E-state index contributed by atoms with van der Waals surface area (Å²) in [4.78, 5) is 41.2. The molecule has 0 bridgehead atoms. The number of amides is 2. The van der Waals surface area contributed by atoms with Crippen molar-refractivity contribution >= 4 is 24.4 Å². The zero-order chi connectivity index (χ0) is 13.7. The van der Waals surface area contributed by atoms with Crippen LogP contribution in [0.25, 0.3) is 0 Å². The summed E-state index contributed by atoms with van der Waals surface area (Å²) in [5.74, 6) is 0.167. The monoisotopic (exact) mass is 252 g/mol. The van der Waals surface area contributed by atoms with E-state index < -0.39 is 0 Å². The summed E-state index contributed by atoms with van der Waals surface area (Å²) in [6.07, 6.45) is 1.65. The van der Waals surface area contributed by atoms with Gasteiger partial charge in [0.25, 0.3) is 5.91 Å². The third-order valence-corrected chi connectivity index (χ3v) is 2.32. The van der Waals surface area contributed by atoms with Crippen molar-refractivity contribution in [3.05, 3.63) is 11.5 Å². The number of imidazole rings is 1. The van der Waals surface area contributed by atoms with E-state index in [4.69, 9.17) is 0 Å². The second-order valence-corrected chi connectivity index (χ2v) is 4.19. The van der Waals surface area contributed by atoms with Gasteiger partial charge in [-0.15, -0.1) is 0 Å². The van der Waals surface area contributed by atoms with Crippen LogP contribution < -0.4 is 5.32 Å². The third-order valence-electron chi connectivity index (χ3n) is 2.32. The number of carbonyl (C=O) groups is 3. The molecule has 0 aliphatic heterocycles. The van der Waals surface area contributed by atoms with E-state index in [9.17, 15) is 14.4 Å². The van der Waals surface area contributed by atoms with E-state index in [-0.39, 0.29) is 23.3 Å². The smallest absolute Gasteiger partial charge is 0.273 e. The molecule has 1 rings (SSSR count). The fraction of sp³-hybridized carbons (Fsp3) is 0.455. The van der Waals surface area contributed by atoms with E-state index >= 15 is 0 Å². The van der Waals surface area contributed by atoms with Crippen LogP contribution in [0.5, 0.6) is 0 Å². The fourth-order valence-electron chi connectivity index (χ4n) is 1.41. The van der Waals surface area contributed by atoms with E-state index in [1.54, 1.807) is 21.0 Å². The molecular weight excluding hydrogens is 236 g/mol. The molecule has 7 nitrogen and oxygen atoms in total. The number of nitrogens with zero attached hydrogens (tertiary/aromatic N) is 2. The Morgan fingerprint density at radius 2 is 2.17 bits per heavy atom. The van der Waals surface area contributed by atoms with Crippen molar-refractivity contribution in [3.63, 3.8) is 0 Å². The second-order valence-electron chi connectivity index (χ2n) is 4.19. The second kappa shape index (κ2) is 5.95. The first-order valence-electron chi connectivity index (χ1n) is 5.45. The Bertz CT molecular complexity index is 453. The van der Waals surface area contributed by atoms with Gasteiger partial charge in [0, 0.05) is 26.4 Å². The topological polar surface area (TPSA) is 95.2 Å². The maximum atomic E-state index is 11.8. The Kier molecular flexibility index (Phi) is 4.59. The highest BCUT2D eigenvalue weighted by Gasteiger charge is 2.19. The van der Waals surface area contributed by atoms with Crippen LogP contribution in [-0.2, 0) is 16.0 Å². The fourth-order valence-corrected chi connectivity index (χ4v) is 1.41. The average molecular weight is 252 g/mol. The number of nitrogens with one attached hydrogen (secondary N) is 2. The predicted molar refractivity (Wildman–Crippen MR) is 65.2 cm³/mol. The lowest BCUT2D eigenvalue weighted by molar-refractivity contribution is -0.110. The van der Waals surface area contributed by atoms with Gasteiger partial charge in [-0.3, -0.25) is 9.59 Å². The van der Waals surface area contributed by atoms with Gasteiger partial charge >= 0.3 is 0 Å². The summed E-state index contributed by atoms with van der Waals surface area (Å²) in [5.41, 5.74) is 0.209. The minimum absolute atomic E-state index is 0.178. The van der Waals surface area contributed by atoms with Crippen molar-refractivity contribution in [3.8, 4) is 0 Å². The standard InChI is InChI=1S/C11H16N4O3/c1-7(5-16)4-8-13-9(11(18)15(2)3)10(14-8)12-6-17/h5-7H,4H2,1-3H3,(H,12,17)(H,13,14). The Balaban J connectivity index is 3.03. The summed E-state index contributed by atoms with van der Waals surface area (Å²) in [6.45, 7) is 1.75. The number of anilines is 1. The van der Waals surface area contributed by atoms with Crippen LogP contribution in [0.15, 0.2) is 0 Å². The molecule has 2 N–H and O–H groups in total. The van der Waals surface area contributed by atoms with Crippen LogP contribution in [0.2, 0.25) is 0 Å². The number of aromatic amines is 1. The summed E-state index contributed by atoms with van der Waals surface area (Å²) >= 11 is 0. The van der Waals surface area contributed by atoms with Crippen LogP contribution >= 0.6 is 0 Å². The van der Waals surface area contributed by atoms with Gasteiger partial charge in [0.05, 0.1) is 0 Å². The van der Waals surface area contributed by atoms with Crippen LogP contribution in [0.4, 0.5) is 5.82 Å². The highest BCUT2D eigenvalue weighted by atomic mass is 16.2. The molecule has 1 unspecified atom stereocenters. The SMILES string of the molecule is CC(C=O)Cc1nc(NC=O)c(C(=O)N(C)C)[nH]1. The quantitative estimate of drug-likeness (QED) is 0.700. The van der Waals surface area contributed by atoms with Crippen molar-refractivity contribution in [1.82, 2.24) is 14.9 Å². The lowest BCUT2D eigenvalue weighted by Gasteiger charge is -2.08. The largest absolute Gasteiger partial charge is 0.343 e. The Labute approximate surface area is 105 Å². The molecule has 98 valence electrons. The zero-order valence-corrected chi connectivity index (χ0v) is 10.6. The number of hydrogen-bond acceptors (Lipinski definition) is 4. The van der Waals surface area contributed by atoms with Crippen LogP contribution in [-0.4, -0.2) is 47.6 Å². The zero-order valence-electron chi connectivity index (χ0n) is 10.6. The van der Waals surface area contributed by atoms with Gasteiger partial charge < -0.3 is 20.0 Å². The number of aromatic nitrogens is 2. The molecular formula is C11H16N4O3. The highest BCUT2D eigenvalue weighted by Crippen LogP contribution is 2.15. The number of aldehydes is 1. The molecule has 0 spiro atoms. The van der Waals surface area contributed by atoms with Gasteiger partial charge in [-0.1, -0.05) is 6.92 Å². The molecule has 0 aliphatic rings. The van der Waals surface area contributed by atoms with Crippen molar-refractivity contribution < 1.29 is 14.4 Å². The summed E-state index contributed by atoms with van der Waals surface area (Å²) in [5, 5.41) is 2.36. The lowest BCUT2D eigenvalue weighted by Crippen LogP contribution is -2.23. The van der Waals surface area contributed by atoms with Crippen molar-refractivity contribution in [2.75, 3.05) is 19.4 Å². The predicted octanol–water partition coefficient (Wildman–Crippen LogP) is 0.0573. The molecule has 0 saturated heterocycles. The van der Waals surface area contributed by atoms with E-state index in [1.165, 1.54) is 4.90 Å². The normalized spacial score (nSPS) is 11.7. The Hall–Kier alpha value is -2.18. The number of carbonyl (C=O) groups excluding carboxylic acids is 3. The first-order valence-corrected chi connectivity index (χ1v) is 5.45. The molecule has 18 heavy (non-hydrogen) atoms. The summed E-state index contributed by atoms with van der Waals surface area (Å²) < 4.78 is 0. The molecule has 0 saturated carbocycles. The van der Waals surface area contributed by atoms with Crippen LogP contribution in [0.3, 0.4) is 0 Å². The van der Waals surface area contributed by atoms with E-state index in [0.29, 0.717) is 18.7 Å². The number of H-pyrrole nitrogens is 1. The van der Waals surface area contributed by atoms with E-state index in [1.807, 2.05) is 0 Å². The maximum Gasteiger partial charge on any atom is 0.273 e. The van der Waals surface area contributed by atoms with Gasteiger partial charge in [0.2, 0.25) is 6.41 Å². The molecule has 0 fully saturated rings. The van der Waals surface area contributed by atoms with Gasteiger partial charge in [0.15, 0.2) is 5.82 Å². The number of hydrogen-bond donors (Lipinski definition) is 2. The van der Waals surface area contributed by atoms with E-state index in [2.05, 4.69) is 15.3 Å². The molecule has 1 aromatic rings. The van der Waals surface area contributed by atoms with Gasteiger partial charge in [-0.25, -0.2) is 4.98 Å². The Morgan fingerprint density at radius 1 is 1.50 bits per heavy atom. The molecule has 2 amide bonds. The van der Waals surface area contributed by atoms with E-state index in [0.717, 1.165) is 6.29 Å². The summed E-state index contributed by atoms with van der Waals surface area (Å²) in [6, 6.07) is 0. The Morgan fingerprint density at radius 3 is 2.67 bits per heavy atom. The molecule has 1 aromatic heterocycles. The molecule has 0 aliphatic carbocycles. The molecule has 1 heterocycles. The highest BCUT2D eigenvalue weighted by molar-refractivity contribution is 5.98. The molecule has 0 aromatic carbocycles. The first kappa shape index (κ1) is 13.9. The van der Waals surface area contributed by atoms with Crippen molar-refractivity contribution in [1.29, 1.82) is 0 Å². The third kappa shape index (κ3) is 3.16. The minimum atomic E-state index is -0.295. The van der Waals surface area contributed by atoms with Gasteiger partial charge in [-0.2, -0.15) is 0 Å². The molecule has 0 radical (unpaired) electrons. The van der Waals surface area contributed by atoms with Crippen molar-refractivity contribution in [2.45, 2.75) is 13.3 Å². The molecule has 7 heteroatoms. The van der Waals surface area contributed by atoms with Crippen LogP contribution in [0.1, 0.15) is 23.2 Å². The van der Waals surface area contributed by atoms with Gasteiger partial charge in [0.1, 0.15) is 17.8 Å². The molecule has 1 atom stereocenters. The minimum Gasteiger partial charge on any atom is -0.343 e. The lowest BCUT2D eigenvalue weighted by atomic mass is 10.1. The first-order chi connectivity index (χ1) is 8.49. The number of rotatable bonds is 6. The van der Waals surface area contributed by atoms with Gasteiger partial charge in [-0.05, 0) is 0 Å². The van der Waals surface area contributed by atoms with Crippen LogP contribution in [0, 0.1) is 5.92 Å². The average Bonchev–Trinajstić information content (AvgIpc) is 2.71. The summed E-state index contributed by atoms with van der Waals surface area (Å²) in [7, 11) is 3.20.